The molecule has 4 nitrogen and oxygen atoms in total. The second kappa shape index (κ2) is 6.32. The van der Waals surface area contributed by atoms with Crippen molar-refractivity contribution in [3.05, 3.63) is 53.7 Å². The molecular weight excluding hydrogens is 288 g/mol. The minimum atomic E-state index is 0.200. The van der Waals surface area contributed by atoms with E-state index in [0.29, 0.717) is 0 Å². The number of hydrogen-bond donors (Lipinski definition) is 0. The molecule has 2 aromatic carbocycles. The first kappa shape index (κ1) is 15.4. The van der Waals surface area contributed by atoms with Crippen LogP contribution >= 0.6 is 0 Å². The molecule has 1 unspecified atom stereocenters. The maximum atomic E-state index is 5.46. The van der Waals surface area contributed by atoms with Gasteiger partial charge in [-0.05, 0) is 25.0 Å². The van der Waals surface area contributed by atoms with Gasteiger partial charge in [-0.25, -0.2) is 0 Å². The molecular formula is C19H22N2O2. The Kier molecular flexibility index (Phi) is 4.24. The van der Waals surface area contributed by atoms with Gasteiger partial charge in [0.25, 0.3) is 0 Å². The molecule has 0 N–H and O–H groups in total. The van der Waals surface area contributed by atoms with E-state index < -0.39 is 0 Å². The smallest absolute Gasteiger partial charge is 0.162 e. The van der Waals surface area contributed by atoms with Crippen molar-refractivity contribution in [2.24, 2.45) is 0 Å². The molecule has 3 rings (SSSR count). The Labute approximate surface area is 136 Å². The number of benzene rings is 2. The molecule has 3 aromatic rings. The van der Waals surface area contributed by atoms with Gasteiger partial charge in [0.05, 0.1) is 31.5 Å². The Morgan fingerprint density at radius 2 is 1.70 bits per heavy atom. The highest BCUT2D eigenvalue weighted by Crippen LogP contribution is 2.36. The minimum absolute atomic E-state index is 0.200. The van der Waals surface area contributed by atoms with Crippen LogP contribution in [0, 0.1) is 6.92 Å². The number of aromatic nitrogens is 2. The molecule has 0 bridgehead atoms. The first-order chi connectivity index (χ1) is 11.2. The van der Waals surface area contributed by atoms with Crippen molar-refractivity contribution in [2.45, 2.75) is 26.3 Å². The van der Waals surface area contributed by atoms with Crippen LogP contribution in [0.5, 0.6) is 11.5 Å². The lowest BCUT2D eigenvalue weighted by Gasteiger charge is -2.18. The first-order valence-electron chi connectivity index (χ1n) is 7.85. The summed E-state index contributed by atoms with van der Waals surface area (Å²) in [5, 5.41) is 5.89. The normalized spacial score (nSPS) is 12.3. The van der Waals surface area contributed by atoms with Gasteiger partial charge in [-0.2, -0.15) is 5.10 Å². The minimum Gasteiger partial charge on any atom is -0.493 e. The fourth-order valence-corrected chi connectivity index (χ4v) is 3.08. The first-order valence-corrected chi connectivity index (χ1v) is 7.85. The van der Waals surface area contributed by atoms with E-state index in [-0.39, 0.29) is 6.04 Å². The molecule has 4 heteroatoms. The van der Waals surface area contributed by atoms with Gasteiger partial charge >= 0.3 is 0 Å². The van der Waals surface area contributed by atoms with Crippen molar-refractivity contribution in [1.29, 1.82) is 0 Å². The number of aryl methyl sites for hydroxylation is 1. The van der Waals surface area contributed by atoms with Crippen molar-refractivity contribution in [3.63, 3.8) is 0 Å². The molecule has 0 aliphatic heterocycles. The van der Waals surface area contributed by atoms with E-state index in [0.717, 1.165) is 34.5 Å². The van der Waals surface area contributed by atoms with E-state index in [1.807, 2.05) is 25.1 Å². The predicted octanol–water partition coefficient (Wildman–Crippen LogP) is 4.36. The number of fused-ring (bicyclic) bond motifs is 1. The maximum Gasteiger partial charge on any atom is 0.162 e. The van der Waals surface area contributed by atoms with E-state index in [4.69, 9.17) is 14.6 Å². The maximum absolute atomic E-state index is 5.46. The average molecular weight is 310 g/mol. The van der Waals surface area contributed by atoms with Crippen molar-refractivity contribution < 1.29 is 9.47 Å². The Morgan fingerprint density at radius 3 is 2.30 bits per heavy atom. The summed E-state index contributed by atoms with van der Waals surface area (Å²) in [5.74, 6) is 1.46. The van der Waals surface area contributed by atoms with Crippen LogP contribution in [-0.2, 0) is 0 Å². The molecule has 1 heterocycles. The largest absolute Gasteiger partial charge is 0.493 e. The van der Waals surface area contributed by atoms with Crippen molar-refractivity contribution in [2.75, 3.05) is 14.2 Å². The summed E-state index contributed by atoms with van der Waals surface area (Å²) >= 11 is 0. The Hall–Kier alpha value is -2.49. The molecule has 1 aromatic heterocycles. The van der Waals surface area contributed by atoms with Gasteiger partial charge in [-0.15, -0.1) is 0 Å². The Balaban J connectivity index is 2.21. The zero-order chi connectivity index (χ0) is 16.4. The molecule has 1 atom stereocenters. The molecule has 0 saturated heterocycles. The summed E-state index contributed by atoms with van der Waals surface area (Å²) in [6, 6.07) is 14.7. The van der Waals surface area contributed by atoms with Crippen molar-refractivity contribution >= 4 is 10.9 Å². The average Bonchev–Trinajstić information content (AvgIpc) is 2.91. The van der Waals surface area contributed by atoms with Gasteiger partial charge in [-0.1, -0.05) is 37.3 Å². The molecule has 0 radical (unpaired) electrons. The highest BCUT2D eigenvalue weighted by atomic mass is 16.5. The summed E-state index contributed by atoms with van der Waals surface area (Å²) in [6.07, 6.45) is 0.967. The van der Waals surface area contributed by atoms with E-state index in [2.05, 4.69) is 35.9 Å². The van der Waals surface area contributed by atoms with Crippen molar-refractivity contribution in [1.82, 2.24) is 9.78 Å². The monoisotopic (exact) mass is 310 g/mol. The van der Waals surface area contributed by atoms with Crippen molar-refractivity contribution in [3.8, 4) is 11.5 Å². The number of rotatable bonds is 5. The zero-order valence-corrected chi connectivity index (χ0v) is 14.0. The van der Waals surface area contributed by atoms with Gasteiger partial charge in [0, 0.05) is 11.5 Å². The van der Waals surface area contributed by atoms with Crippen LogP contribution in [0.15, 0.2) is 42.5 Å². The summed E-state index contributed by atoms with van der Waals surface area (Å²) in [7, 11) is 3.31. The van der Waals surface area contributed by atoms with Gasteiger partial charge in [0.1, 0.15) is 0 Å². The molecule has 0 amide bonds. The van der Waals surface area contributed by atoms with E-state index >= 15 is 0 Å². The van der Waals surface area contributed by atoms with Crippen LogP contribution in [0.3, 0.4) is 0 Å². The van der Waals surface area contributed by atoms with Gasteiger partial charge in [-0.3, -0.25) is 4.68 Å². The summed E-state index contributed by atoms with van der Waals surface area (Å²) < 4.78 is 13.0. The molecule has 0 aliphatic carbocycles. The fraction of sp³-hybridized carbons (Fsp3) is 0.316. The number of methoxy groups -OCH3 is 2. The molecule has 0 saturated carbocycles. The van der Waals surface area contributed by atoms with Gasteiger partial charge < -0.3 is 9.47 Å². The molecule has 23 heavy (non-hydrogen) atoms. The van der Waals surface area contributed by atoms with Crippen LogP contribution in [0.1, 0.15) is 30.6 Å². The third-order valence-electron chi connectivity index (χ3n) is 4.26. The summed E-state index contributed by atoms with van der Waals surface area (Å²) in [4.78, 5) is 0. The number of hydrogen-bond acceptors (Lipinski definition) is 3. The highest BCUT2D eigenvalue weighted by Gasteiger charge is 2.19. The number of nitrogens with zero attached hydrogens (tertiary/aromatic N) is 2. The standard InChI is InChI=1S/C19H22N2O2/c1-5-16(14-9-7-6-8-10-14)21-17-12-19(23-4)18(22-3)11-15(17)13(2)20-21/h6-12,16H,5H2,1-4H3. The van der Waals surface area contributed by atoms with Crippen LogP contribution in [0.25, 0.3) is 10.9 Å². The van der Waals surface area contributed by atoms with Crippen LogP contribution < -0.4 is 9.47 Å². The molecule has 120 valence electrons. The second-order valence-electron chi connectivity index (χ2n) is 5.59. The number of ether oxygens (including phenoxy) is 2. The van der Waals surface area contributed by atoms with Gasteiger partial charge in [0.2, 0.25) is 0 Å². The summed E-state index contributed by atoms with van der Waals surface area (Å²) in [6.45, 7) is 4.21. The van der Waals surface area contributed by atoms with Crippen LogP contribution in [0.4, 0.5) is 0 Å². The lowest BCUT2D eigenvalue weighted by atomic mass is 10.0. The van der Waals surface area contributed by atoms with Crippen LogP contribution in [0.2, 0.25) is 0 Å². The van der Waals surface area contributed by atoms with E-state index in [9.17, 15) is 0 Å². The quantitative estimate of drug-likeness (QED) is 0.702. The molecule has 0 aliphatic rings. The third kappa shape index (κ3) is 2.65. The summed E-state index contributed by atoms with van der Waals surface area (Å²) in [5.41, 5.74) is 3.32. The Morgan fingerprint density at radius 1 is 1.04 bits per heavy atom. The lowest BCUT2D eigenvalue weighted by molar-refractivity contribution is 0.355. The molecule has 0 spiro atoms. The fourth-order valence-electron chi connectivity index (χ4n) is 3.08. The second-order valence-corrected chi connectivity index (χ2v) is 5.59. The van der Waals surface area contributed by atoms with E-state index in [1.165, 1.54) is 5.56 Å². The molecule has 0 fully saturated rings. The van der Waals surface area contributed by atoms with Gasteiger partial charge in [0.15, 0.2) is 11.5 Å². The lowest BCUT2D eigenvalue weighted by Crippen LogP contribution is -2.11. The zero-order valence-electron chi connectivity index (χ0n) is 14.0. The Bertz CT molecular complexity index is 809. The van der Waals surface area contributed by atoms with Crippen LogP contribution in [-0.4, -0.2) is 24.0 Å². The highest BCUT2D eigenvalue weighted by molar-refractivity contribution is 5.85. The predicted molar refractivity (Wildman–Crippen MR) is 92.4 cm³/mol. The SMILES string of the molecule is CCC(c1ccccc1)n1nc(C)c2cc(OC)c(OC)cc21. The topological polar surface area (TPSA) is 36.3 Å². The van der Waals surface area contributed by atoms with E-state index in [1.54, 1.807) is 14.2 Å². The third-order valence-corrected chi connectivity index (χ3v) is 4.26.